The molecule has 0 radical (unpaired) electrons. The molecule has 1 saturated carbocycles. The number of hydrogen-bond acceptors (Lipinski definition) is 3. The summed E-state index contributed by atoms with van der Waals surface area (Å²) in [6.07, 6.45) is 5.76. The lowest BCUT2D eigenvalue weighted by atomic mass is 9.70. The summed E-state index contributed by atoms with van der Waals surface area (Å²) in [6, 6.07) is 6.03. The van der Waals surface area contributed by atoms with Crippen LogP contribution >= 0.6 is 27.5 Å². The highest BCUT2D eigenvalue weighted by molar-refractivity contribution is 9.10. The van der Waals surface area contributed by atoms with Crippen LogP contribution in [0.15, 0.2) is 22.7 Å². The van der Waals surface area contributed by atoms with E-state index in [0.29, 0.717) is 5.92 Å². The second-order valence-electron chi connectivity index (χ2n) is 5.95. The number of benzene rings is 1. The average Bonchev–Trinajstić information content (AvgIpc) is 2.42. The van der Waals surface area contributed by atoms with Gasteiger partial charge in [0.25, 0.3) is 0 Å². The van der Waals surface area contributed by atoms with Gasteiger partial charge in [-0.15, -0.1) is 0 Å². The highest BCUT2D eigenvalue weighted by Gasteiger charge is 2.44. The molecule has 1 aliphatic carbocycles. The number of halogens is 2. The van der Waals surface area contributed by atoms with Crippen LogP contribution in [0.5, 0.6) is 0 Å². The molecule has 1 spiro atoms. The van der Waals surface area contributed by atoms with E-state index >= 15 is 0 Å². The standard InChI is InChI=1S/C15H20BrClN2O/c16-11-2-3-13(17)12(8-11)14(19-18)10-4-7-20-15(9-10)5-1-6-15/h2-3,8,10,14,19H,1,4-7,9,18H2. The fraction of sp³-hybridized carbons (Fsp3) is 0.600. The first-order chi connectivity index (χ1) is 9.63. The van der Waals surface area contributed by atoms with Crippen molar-refractivity contribution in [2.45, 2.75) is 43.7 Å². The zero-order valence-electron chi connectivity index (χ0n) is 11.4. The Morgan fingerprint density at radius 1 is 1.45 bits per heavy atom. The first-order valence-corrected chi connectivity index (χ1v) is 8.36. The van der Waals surface area contributed by atoms with Crippen LogP contribution in [0.2, 0.25) is 5.02 Å². The predicted molar refractivity (Wildman–Crippen MR) is 84.5 cm³/mol. The van der Waals surface area contributed by atoms with Crippen molar-refractivity contribution in [3.05, 3.63) is 33.3 Å². The molecule has 2 atom stereocenters. The molecular weight excluding hydrogens is 340 g/mol. The number of ether oxygens (including phenoxy) is 1. The Kier molecular flexibility index (Phi) is 4.39. The molecule has 5 heteroatoms. The van der Waals surface area contributed by atoms with Gasteiger partial charge in [-0.25, -0.2) is 0 Å². The summed E-state index contributed by atoms with van der Waals surface area (Å²) in [5.74, 6) is 6.31. The number of hydrogen-bond donors (Lipinski definition) is 2. The van der Waals surface area contributed by atoms with Gasteiger partial charge < -0.3 is 4.74 Å². The molecule has 0 bridgehead atoms. The molecule has 1 aromatic carbocycles. The smallest absolute Gasteiger partial charge is 0.0686 e. The predicted octanol–water partition coefficient (Wildman–Crippen LogP) is 3.96. The van der Waals surface area contributed by atoms with Crippen molar-refractivity contribution in [2.24, 2.45) is 11.8 Å². The van der Waals surface area contributed by atoms with Gasteiger partial charge in [-0.05, 0) is 61.8 Å². The highest BCUT2D eigenvalue weighted by Crippen LogP contribution is 2.47. The fourth-order valence-corrected chi connectivity index (χ4v) is 4.12. The largest absolute Gasteiger partial charge is 0.375 e. The molecule has 0 aromatic heterocycles. The average molecular weight is 360 g/mol. The van der Waals surface area contributed by atoms with Gasteiger partial charge in [0.15, 0.2) is 0 Å². The minimum Gasteiger partial charge on any atom is -0.375 e. The maximum absolute atomic E-state index is 6.36. The second-order valence-corrected chi connectivity index (χ2v) is 7.27. The Balaban J connectivity index is 1.83. The monoisotopic (exact) mass is 358 g/mol. The van der Waals surface area contributed by atoms with E-state index in [2.05, 4.69) is 27.4 Å². The van der Waals surface area contributed by atoms with Crippen LogP contribution in [-0.4, -0.2) is 12.2 Å². The summed E-state index contributed by atoms with van der Waals surface area (Å²) in [6.45, 7) is 0.828. The van der Waals surface area contributed by atoms with Gasteiger partial charge in [0, 0.05) is 16.1 Å². The van der Waals surface area contributed by atoms with E-state index in [1.54, 1.807) is 0 Å². The van der Waals surface area contributed by atoms with Crippen molar-refractivity contribution in [1.82, 2.24) is 5.43 Å². The lowest BCUT2D eigenvalue weighted by molar-refractivity contribution is -0.147. The Morgan fingerprint density at radius 3 is 2.90 bits per heavy atom. The van der Waals surface area contributed by atoms with Gasteiger partial charge in [0.05, 0.1) is 11.6 Å². The number of hydrazine groups is 1. The van der Waals surface area contributed by atoms with Crippen molar-refractivity contribution in [1.29, 1.82) is 0 Å². The number of nitrogens with one attached hydrogen (secondary N) is 1. The summed E-state index contributed by atoms with van der Waals surface area (Å²) in [5.41, 5.74) is 4.18. The lowest BCUT2D eigenvalue weighted by Gasteiger charge is -2.48. The van der Waals surface area contributed by atoms with Crippen LogP contribution in [0.1, 0.15) is 43.7 Å². The van der Waals surface area contributed by atoms with Crippen LogP contribution in [0.25, 0.3) is 0 Å². The van der Waals surface area contributed by atoms with Crippen LogP contribution in [-0.2, 0) is 4.74 Å². The maximum Gasteiger partial charge on any atom is 0.0686 e. The van der Waals surface area contributed by atoms with Gasteiger partial charge in [-0.3, -0.25) is 11.3 Å². The third kappa shape index (κ3) is 2.77. The molecule has 20 heavy (non-hydrogen) atoms. The van der Waals surface area contributed by atoms with Crippen molar-refractivity contribution in [3.8, 4) is 0 Å². The second kappa shape index (κ2) is 5.93. The van der Waals surface area contributed by atoms with Crippen molar-refractivity contribution < 1.29 is 4.74 Å². The Morgan fingerprint density at radius 2 is 2.25 bits per heavy atom. The fourth-order valence-electron chi connectivity index (χ4n) is 3.50. The first kappa shape index (κ1) is 14.8. The van der Waals surface area contributed by atoms with Crippen molar-refractivity contribution >= 4 is 27.5 Å². The van der Waals surface area contributed by atoms with E-state index in [4.69, 9.17) is 22.2 Å². The van der Waals surface area contributed by atoms with E-state index in [1.807, 2.05) is 12.1 Å². The van der Waals surface area contributed by atoms with E-state index in [1.165, 1.54) is 19.3 Å². The van der Waals surface area contributed by atoms with Crippen LogP contribution < -0.4 is 11.3 Å². The molecule has 110 valence electrons. The quantitative estimate of drug-likeness (QED) is 0.634. The molecule has 2 aliphatic rings. The van der Waals surface area contributed by atoms with E-state index < -0.39 is 0 Å². The summed E-state index contributed by atoms with van der Waals surface area (Å²) < 4.78 is 7.04. The maximum atomic E-state index is 6.36. The Bertz CT molecular complexity index is 493. The molecular formula is C15H20BrClN2O. The highest BCUT2D eigenvalue weighted by atomic mass is 79.9. The third-order valence-corrected chi connectivity index (χ3v) is 5.58. The summed E-state index contributed by atoms with van der Waals surface area (Å²) in [5, 5.41) is 0.769. The summed E-state index contributed by atoms with van der Waals surface area (Å²) in [4.78, 5) is 0. The topological polar surface area (TPSA) is 47.3 Å². The van der Waals surface area contributed by atoms with Gasteiger partial charge in [-0.2, -0.15) is 0 Å². The number of nitrogens with two attached hydrogens (primary N) is 1. The van der Waals surface area contributed by atoms with Gasteiger partial charge in [-0.1, -0.05) is 27.5 Å². The molecule has 1 aliphatic heterocycles. The first-order valence-electron chi connectivity index (χ1n) is 7.19. The van der Waals surface area contributed by atoms with Crippen LogP contribution in [0.3, 0.4) is 0 Å². The van der Waals surface area contributed by atoms with Gasteiger partial charge >= 0.3 is 0 Å². The Hall–Kier alpha value is -0.130. The molecule has 3 rings (SSSR count). The molecule has 1 aromatic rings. The lowest BCUT2D eigenvalue weighted by Crippen LogP contribution is -2.48. The zero-order valence-corrected chi connectivity index (χ0v) is 13.7. The molecule has 3 nitrogen and oxygen atoms in total. The molecule has 1 saturated heterocycles. The Labute approximate surface area is 133 Å². The normalized spacial score (nSPS) is 26.2. The molecule has 3 N–H and O–H groups in total. The minimum atomic E-state index is 0.0846. The van der Waals surface area contributed by atoms with Crippen molar-refractivity contribution in [2.75, 3.05) is 6.61 Å². The molecule has 2 fully saturated rings. The molecule has 2 unspecified atom stereocenters. The van der Waals surface area contributed by atoms with Crippen LogP contribution in [0.4, 0.5) is 0 Å². The molecule has 1 heterocycles. The molecule has 0 amide bonds. The summed E-state index contributed by atoms with van der Waals surface area (Å²) >= 11 is 9.87. The van der Waals surface area contributed by atoms with Gasteiger partial charge in [0.1, 0.15) is 0 Å². The minimum absolute atomic E-state index is 0.0846. The van der Waals surface area contributed by atoms with Crippen molar-refractivity contribution in [3.63, 3.8) is 0 Å². The zero-order chi connectivity index (χ0) is 14.2. The van der Waals surface area contributed by atoms with E-state index in [-0.39, 0.29) is 11.6 Å². The summed E-state index contributed by atoms with van der Waals surface area (Å²) in [7, 11) is 0. The van der Waals surface area contributed by atoms with Crippen LogP contribution in [0, 0.1) is 5.92 Å². The van der Waals surface area contributed by atoms with E-state index in [0.717, 1.165) is 34.5 Å². The number of rotatable bonds is 3. The SMILES string of the molecule is NNC(c1cc(Br)ccc1Cl)C1CCOC2(CCC2)C1. The van der Waals surface area contributed by atoms with Gasteiger partial charge in [0.2, 0.25) is 0 Å². The van der Waals surface area contributed by atoms with E-state index in [9.17, 15) is 0 Å². The third-order valence-electron chi connectivity index (χ3n) is 4.74.